The minimum atomic E-state index is 0.543. The molecule has 0 saturated carbocycles. The molecular weight excluding hydrogens is 172 g/mol. The topological polar surface area (TPSA) is 17.1 Å². The van der Waals surface area contributed by atoms with Crippen molar-refractivity contribution in [1.29, 1.82) is 0 Å². The van der Waals surface area contributed by atoms with Crippen LogP contribution in [0.5, 0.6) is 0 Å². The summed E-state index contributed by atoms with van der Waals surface area (Å²) in [6.07, 6.45) is 8.79. The van der Waals surface area contributed by atoms with E-state index in [1.54, 1.807) is 0 Å². The molecule has 0 fully saturated rings. The number of rotatable bonds is 2. The van der Waals surface area contributed by atoms with Crippen molar-refractivity contribution in [2.75, 3.05) is 0 Å². The lowest BCUT2D eigenvalue weighted by Crippen LogP contribution is -2.03. The summed E-state index contributed by atoms with van der Waals surface area (Å²) in [5.41, 5.74) is 2.07. The highest BCUT2D eigenvalue weighted by molar-refractivity contribution is 5.77. The van der Waals surface area contributed by atoms with E-state index in [2.05, 4.69) is 18.2 Å². The molecule has 0 bridgehead atoms. The van der Waals surface area contributed by atoms with Crippen molar-refractivity contribution >= 4 is 6.29 Å². The maximum absolute atomic E-state index is 10.9. The number of aldehydes is 1. The molecule has 2 rings (SSSR count). The van der Waals surface area contributed by atoms with E-state index in [0.717, 1.165) is 24.7 Å². The van der Waals surface area contributed by atoms with Gasteiger partial charge in [-0.2, -0.15) is 0 Å². The summed E-state index contributed by atoms with van der Waals surface area (Å²) < 4.78 is 0. The Morgan fingerprint density at radius 2 is 2.07 bits per heavy atom. The SMILES string of the molecule is O=Cc1ccccc1C1CC=CCC1. The van der Waals surface area contributed by atoms with Crippen molar-refractivity contribution in [3.8, 4) is 0 Å². The summed E-state index contributed by atoms with van der Waals surface area (Å²) in [5, 5.41) is 0. The summed E-state index contributed by atoms with van der Waals surface area (Å²) in [6, 6.07) is 7.92. The Labute approximate surface area is 84.5 Å². The van der Waals surface area contributed by atoms with Crippen LogP contribution in [0, 0.1) is 0 Å². The molecule has 0 amide bonds. The van der Waals surface area contributed by atoms with Gasteiger partial charge in [-0.15, -0.1) is 0 Å². The van der Waals surface area contributed by atoms with Crippen LogP contribution < -0.4 is 0 Å². The third-order valence-corrected chi connectivity index (χ3v) is 2.83. The van der Waals surface area contributed by atoms with Crippen LogP contribution in [0.4, 0.5) is 0 Å². The monoisotopic (exact) mass is 186 g/mol. The van der Waals surface area contributed by atoms with Crippen LogP contribution in [-0.4, -0.2) is 6.29 Å². The van der Waals surface area contributed by atoms with E-state index in [4.69, 9.17) is 0 Å². The van der Waals surface area contributed by atoms with Crippen molar-refractivity contribution in [2.45, 2.75) is 25.2 Å². The highest BCUT2D eigenvalue weighted by Crippen LogP contribution is 2.30. The lowest BCUT2D eigenvalue weighted by atomic mass is 9.85. The highest BCUT2D eigenvalue weighted by Gasteiger charge is 2.14. The van der Waals surface area contributed by atoms with Gasteiger partial charge >= 0.3 is 0 Å². The van der Waals surface area contributed by atoms with Crippen LogP contribution in [0.3, 0.4) is 0 Å². The fourth-order valence-corrected chi connectivity index (χ4v) is 2.07. The first-order valence-corrected chi connectivity index (χ1v) is 5.11. The summed E-state index contributed by atoms with van der Waals surface area (Å²) in [7, 11) is 0. The molecule has 72 valence electrons. The molecule has 1 aromatic carbocycles. The highest BCUT2D eigenvalue weighted by atomic mass is 16.1. The molecule has 14 heavy (non-hydrogen) atoms. The fourth-order valence-electron chi connectivity index (χ4n) is 2.07. The zero-order valence-corrected chi connectivity index (χ0v) is 8.15. The predicted molar refractivity (Wildman–Crippen MR) is 57.6 cm³/mol. The van der Waals surface area contributed by atoms with Gasteiger partial charge in [-0.05, 0) is 30.7 Å². The van der Waals surface area contributed by atoms with Crippen LogP contribution >= 0.6 is 0 Å². The van der Waals surface area contributed by atoms with Gasteiger partial charge in [0.2, 0.25) is 0 Å². The Hall–Kier alpha value is -1.37. The first-order valence-electron chi connectivity index (χ1n) is 5.11. The maximum Gasteiger partial charge on any atom is 0.150 e. The molecule has 1 nitrogen and oxygen atoms in total. The molecular formula is C13H14O. The van der Waals surface area contributed by atoms with Crippen molar-refractivity contribution in [3.05, 3.63) is 47.5 Å². The molecule has 1 atom stereocenters. The molecule has 1 aliphatic rings. The van der Waals surface area contributed by atoms with Crippen LogP contribution in [-0.2, 0) is 0 Å². The van der Waals surface area contributed by atoms with Crippen molar-refractivity contribution in [1.82, 2.24) is 0 Å². The Morgan fingerprint density at radius 3 is 2.79 bits per heavy atom. The molecule has 0 aromatic heterocycles. The van der Waals surface area contributed by atoms with E-state index >= 15 is 0 Å². The minimum absolute atomic E-state index is 0.543. The number of allylic oxidation sites excluding steroid dienone is 2. The van der Waals surface area contributed by atoms with E-state index in [0.29, 0.717) is 5.92 Å². The summed E-state index contributed by atoms with van der Waals surface area (Å²) in [5.74, 6) is 0.543. The van der Waals surface area contributed by atoms with E-state index in [1.807, 2.05) is 18.2 Å². The van der Waals surface area contributed by atoms with Gasteiger partial charge in [0, 0.05) is 5.56 Å². The third-order valence-electron chi connectivity index (χ3n) is 2.83. The summed E-state index contributed by atoms with van der Waals surface area (Å²) >= 11 is 0. The number of carbonyl (C=O) groups excluding carboxylic acids is 1. The quantitative estimate of drug-likeness (QED) is 0.511. The zero-order valence-electron chi connectivity index (χ0n) is 8.15. The van der Waals surface area contributed by atoms with Crippen molar-refractivity contribution in [3.63, 3.8) is 0 Å². The number of hydrogen-bond acceptors (Lipinski definition) is 1. The van der Waals surface area contributed by atoms with E-state index < -0.39 is 0 Å². The van der Waals surface area contributed by atoms with Crippen LogP contribution in [0.1, 0.15) is 41.1 Å². The van der Waals surface area contributed by atoms with Gasteiger partial charge in [-0.25, -0.2) is 0 Å². The average molecular weight is 186 g/mol. The second kappa shape index (κ2) is 4.23. The Balaban J connectivity index is 2.30. The van der Waals surface area contributed by atoms with Gasteiger partial charge < -0.3 is 0 Å². The van der Waals surface area contributed by atoms with E-state index in [1.165, 1.54) is 12.0 Å². The lowest BCUT2D eigenvalue weighted by Gasteiger charge is -2.19. The van der Waals surface area contributed by atoms with Crippen LogP contribution in [0.15, 0.2) is 36.4 Å². The Kier molecular flexibility index (Phi) is 2.78. The molecule has 1 aromatic rings. The second-order valence-electron chi connectivity index (χ2n) is 3.73. The predicted octanol–water partition coefficient (Wildman–Crippen LogP) is 3.32. The standard InChI is InChI=1S/C13H14O/c14-10-12-8-4-5-9-13(12)11-6-2-1-3-7-11/h1-2,4-5,8-11H,3,6-7H2. The normalized spacial score (nSPS) is 20.7. The summed E-state index contributed by atoms with van der Waals surface area (Å²) in [6.45, 7) is 0. The smallest absolute Gasteiger partial charge is 0.150 e. The number of hydrogen-bond donors (Lipinski definition) is 0. The van der Waals surface area contributed by atoms with Gasteiger partial charge in [0.15, 0.2) is 0 Å². The van der Waals surface area contributed by atoms with Gasteiger partial charge in [0.25, 0.3) is 0 Å². The third kappa shape index (κ3) is 1.77. The Morgan fingerprint density at radius 1 is 1.21 bits per heavy atom. The maximum atomic E-state index is 10.9. The second-order valence-corrected chi connectivity index (χ2v) is 3.73. The largest absolute Gasteiger partial charge is 0.298 e. The van der Waals surface area contributed by atoms with Crippen molar-refractivity contribution < 1.29 is 4.79 Å². The van der Waals surface area contributed by atoms with Crippen molar-refractivity contribution in [2.24, 2.45) is 0 Å². The van der Waals surface area contributed by atoms with E-state index in [9.17, 15) is 4.79 Å². The minimum Gasteiger partial charge on any atom is -0.298 e. The first kappa shape index (κ1) is 9.20. The molecule has 0 radical (unpaired) electrons. The molecule has 1 aliphatic carbocycles. The van der Waals surface area contributed by atoms with Gasteiger partial charge in [0.05, 0.1) is 0 Å². The molecule has 1 unspecified atom stereocenters. The Bertz CT molecular complexity index is 352. The molecule has 0 saturated heterocycles. The fraction of sp³-hybridized carbons (Fsp3) is 0.308. The zero-order chi connectivity index (χ0) is 9.80. The number of benzene rings is 1. The number of carbonyl (C=O) groups is 1. The molecule has 0 heterocycles. The molecule has 0 aliphatic heterocycles. The lowest BCUT2D eigenvalue weighted by molar-refractivity contribution is 0.112. The van der Waals surface area contributed by atoms with Crippen LogP contribution in [0.25, 0.3) is 0 Å². The van der Waals surface area contributed by atoms with Crippen LogP contribution in [0.2, 0.25) is 0 Å². The van der Waals surface area contributed by atoms with Gasteiger partial charge in [-0.3, -0.25) is 4.79 Å². The molecule has 0 N–H and O–H groups in total. The molecule has 0 spiro atoms. The van der Waals surface area contributed by atoms with E-state index in [-0.39, 0.29) is 0 Å². The summed E-state index contributed by atoms with van der Waals surface area (Å²) in [4.78, 5) is 10.9. The molecule has 1 heteroatoms. The van der Waals surface area contributed by atoms with Gasteiger partial charge in [-0.1, -0.05) is 36.4 Å². The first-order chi connectivity index (χ1) is 6.92. The van der Waals surface area contributed by atoms with Gasteiger partial charge in [0.1, 0.15) is 6.29 Å². The average Bonchev–Trinajstić information content (AvgIpc) is 2.30.